The number of amides is 3. The minimum absolute atomic E-state index is 0.159. The summed E-state index contributed by atoms with van der Waals surface area (Å²) in [6, 6.07) is 12.9. The van der Waals surface area contributed by atoms with Crippen molar-refractivity contribution >= 4 is 29.3 Å². The van der Waals surface area contributed by atoms with E-state index in [0.29, 0.717) is 42.2 Å². The molecule has 3 N–H and O–H groups in total. The Kier molecular flexibility index (Phi) is 8.47. The van der Waals surface area contributed by atoms with Crippen LogP contribution in [0.3, 0.4) is 0 Å². The molecule has 0 bridgehead atoms. The number of hydrogen-bond acceptors (Lipinski definition) is 4. The van der Waals surface area contributed by atoms with Crippen LogP contribution in [0, 0.1) is 11.3 Å². The number of piperidine rings is 1. The first-order chi connectivity index (χ1) is 16.9. The molecular formula is C28H36ClN3O4. The van der Waals surface area contributed by atoms with Crippen molar-refractivity contribution in [2.45, 2.75) is 52.7 Å². The van der Waals surface area contributed by atoms with Gasteiger partial charge >= 0.3 is 0 Å². The van der Waals surface area contributed by atoms with Gasteiger partial charge in [-0.3, -0.25) is 14.4 Å². The first kappa shape index (κ1) is 27.7. The Hall–Kier alpha value is -2.90. The summed E-state index contributed by atoms with van der Waals surface area (Å²) in [7, 11) is 0. The van der Waals surface area contributed by atoms with Gasteiger partial charge in [0, 0.05) is 41.2 Å². The van der Waals surface area contributed by atoms with Gasteiger partial charge in [-0.1, -0.05) is 57.5 Å². The molecular weight excluding hydrogens is 478 g/mol. The highest BCUT2D eigenvalue weighted by molar-refractivity contribution is 6.30. The zero-order valence-corrected chi connectivity index (χ0v) is 22.4. The standard InChI is InChI=1S/C28H36ClN3O4/c1-6-30-24(33)19-8-7-9-20(16-19)25(34)31-23(18(2)3)26(35)32-15-14-28(36,27(4,5)17-32)21-10-12-22(29)13-11-21/h7-13,16,18,23,36H,6,14-15,17H2,1-5H3,(H,30,33)(H,31,34)/t23-,28+/m1/s1. The lowest BCUT2D eigenvalue weighted by molar-refractivity contribution is -0.155. The highest BCUT2D eigenvalue weighted by Gasteiger charge is 2.50. The molecule has 8 heteroatoms. The summed E-state index contributed by atoms with van der Waals surface area (Å²) < 4.78 is 0. The van der Waals surface area contributed by atoms with Crippen LogP contribution in [-0.4, -0.2) is 53.4 Å². The predicted octanol–water partition coefficient (Wildman–Crippen LogP) is 3.99. The maximum absolute atomic E-state index is 13.6. The number of hydrogen-bond donors (Lipinski definition) is 3. The Morgan fingerprint density at radius 3 is 2.22 bits per heavy atom. The van der Waals surface area contributed by atoms with Crippen LogP contribution in [0.25, 0.3) is 0 Å². The summed E-state index contributed by atoms with van der Waals surface area (Å²) in [5.74, 6) is -1.02. The van der Waals surface area contributed by atoms with Crippen molar-refractivity contribution in [2.24, 2.45) is 11.3 Å². The number of rotatable bonds is 7. The quantitative estimate of drug-likeness (QED) is 0.521. The van der Waals surface area contributed by atoms with E-state index in [1.807, 2.05) is 46.8 Å². The first-order valence-electron chi connectivity index (χ1n) is 12.4. The molecule has 0 radical (unpaired) electrons. The maximum atomic E-state index is 13.6. The predicted molar refractivity (Wildman–Crippen MR) is 141 cm³/mol. The number of halogens is 1. The molecule has 1 fully saturated rings. The van der Waals surface area contributed by atoms with Crippen LogP contribution in [0.2, 0.25) is 5.02 Å². The number of carbonyl (C=O) groups is 3. The van der Waals surface area contributed by atoms with Crippen molar-refractivity contribution in [1.82, 2.24) is 15.5 Å². The van der Waals surface area contributed by atoms with E-state index in [4.69, 9.17) is 11.6 Å². The van der Waals surface area contributed by atoms with E-state index >= 15 is 0 Å². The third kappa shape index (κ3) is 5.73. The van der Waals surface area contributed by atoms with Gasteiger partial charge in [-0.2, -0.15) is 0 Å². The molecule has 0 aromatic heterocycles. The van der Waals surface area contributed by atoms with Crippen molar-refractivity contribution in [3.63, 3.8) is 0 Å². The first-order valence-corrected chi connectivity index (χ1v) is 12.7. The summed E-state index contributed by atoms with van der Waals surface area (Å²) in [6.07, 6.45) is 0.362. The van der Waals surface area contributed by atoms with Gasteiger partial charge < -0.3 is 20.6 Å². The van der Waals surface area contributed by atoms with Gasteiger partial charge in [-0.05, 0) is 55.2 Å². The van der Waals surface area contributed by atoms with E-state index in [2.05, 4.69) is 10.6 Å². The lowest BCUT2D eigenvalue weighted by Gasteiger charge is -2.51. The molecule has 0 saturated carbocycles. The zero-order chi connectivity index (χ0) is 26.7. The highest BCUT2D eigenvalue weighted by atomic mass is 35.5. The van der Waals surface area contributed by atoms with Gasteiger partial charge in [0.15, 0.2) is 0 Å². The fraction of sp³-hybridized carbons (Fsp3) is 0.464. The lowest BCUT2D eigenvalue weighted by Crippen LogP contribution is -2.60. The second-order valence-corrected chi connectivity index (χ2v) is 10.8. The topological polar surface area (TPSA) is 98.7 Å². The molecule has 36 heavy (non-hydrogen) atoms. The number of nitrogens with one attached hydrogen (secondary N) is 2. The Labute approximate surface area is 218 Å². The molecule has 194 valence electrons. The molecule has 0 aliphatic carbocycles. The molecule has 7 nitrogen and oxygen atoms in total. The molecule has 2 aromatic rings. The van der Waals surface area contributed by atoms with Crippen LogP contribution in [0.1, 0.15) is 67.3 Å². The Morgan fingerprint density at radius 2 is 1.67 bits per heavy atom. The van der Waals surface area contributed by atoms with Gasteiger partial charge in [0.05, 0.1) is 5.60 Å². The van der Waals surface area contributed by atoms with E-state index in [1.165, 1.54) is 6.07 Å². The molecule has 2 atom stereocenters. The van der Waals surface area contributed by atoms with Gasteiger partial charge in [-0.25, -0.2) is 0 Å². The summed E-state index contributed by atoms with van der Waals surface area (Å²) in [6.45, 7) is 10.6. The van der Waals surface area contributed by atoms with Gasteiger partial charge in [0.1, 0.15) is 6.04 Å². The second-order valence-electron chi connectivity index (χ2n) is 10.4. The van der Waals surface area contributed by atoms with E-state index < -0.39 is 23.0 Å². The molecule has 2 aromatic carbocycles. The average Bonchev–Trinajstić information content (AvgIpc) is 2.84. The van der Waals surface area contributed by atoms with Gasteiger partial charge in [0.2, 0.25) is 5.91 Å². The lowest BCUT2D eigenvalue weighted by atomic mass is 9.66. The monoisotopic (exact) mass is 513 g/mol. The second kappa shape index (κ2) is 11.0. The van der Waals surface area contributed by atoms with Crippen LogP contribution in [-0.2, 0) is 10.4 Å². The van der Waals surface area contributed by atoms with Crippen LogP contribution < -0.4 is 10.6 Å². The Morgan fingerprint density at radius 1 is 1.06 bits per heavy atom. The fourth-order valence-corrected chi connectivity index (χ4v) is 4.90. The van der Waals surface area contributed by atoms with E-state index in [1.54, 1.807) is 35.2 Å². The van der Waals surface area contributed by atoms with Gasteiger partial charge in [-0.15, -0.1) is 0 Å². The third-order valence-electron chi connectivity index (χ3n) is 7.03. The summed E-state index contributed by atoms with van der Waals surface area (Å²) in [5.41, 5.74) is -0.291. The summed E-state index contributed by atoms with van der Waals surface area (Å²) >= 11 is 6.03. The SMILES string of the molecule is CCNC(=O)c1cccc(C(=O)N[C@@H](C(=O)N2CC[C@](O)(c3ccc(Cl)cc3)C(C)(C)C2)C(C)C)c1. The molecule has 3 rings (SSSR count). The highest BCUT2D eigenvalue weighted by Crippen LogP contribution is 2.46. The number of nitrogens with zero attached hydrogens (tertiary/aromatic N) is 1. The smallest absolute Gasteiger partial charge is 0.251 e. The molecule has 1 heterocycles. The zero-order valence-electron chi connectivity index (χ0n) is 21.6. The van der Waals surface area contributed by atoms with Crippen molar-refractivity contribution < 1.29 is 19.5 Å². The third-order valence-corrected chi connectivity index (χ3v) is 7.28. The van der Waals surface area contributed by atoms with Crippen molar-refractivity contribution in [2.75, 3.05) is 19.6 Å². The average molecular weight is 514 g/mol. The molecule has 0 unspecified atom stereocenters. The van der Waals surface area contributed by atoms with E-state index in [-0.39, 0.29) is 17.7 Å². The normalized spacial score (nSPS) is 20.1. The Balaban J connectivity index is 1.76. The molecule has 1 saturated heterocycles. The maximum Gasteiger partial charge on any atom is 0.251 e. The van der Waals surface area contributed by atoms with Crippen LogP contribution >= 0.6 is 11.6 Å². The molecule has 1 aliphatic rings. The van der Waals surface area contributed by atoms with E-state index in [9.17, 15) is 19.5 Å². The van der Waals surface area contributed by atoms with Crippen molar-refractivity contribution in [1.29, 1.82) is 0 Å². The molecule has 0 spiro atoms. The number of aliphatic hydroxyl groups is 1. The van der Waals surface area contributed by atoms with Crippen LogP contribution in [0.4, 0.5) is 0 Å². The molecule has 1 aliphatic heterocycles. The molecule has 3 amide bonds. The number of benzene rings is 2. The van der Waals surface area contributed by atoms with Crippen LogP contribution in [0.15, 0.2) is 48.5 Å². The Bertz CT molecular complexity index is 1120. The number of carbonyl (C=O) groups excluding carboxylic acids is 3. The van der Waals surface area contributed by atoms with Crippen molar-refractivity contribution in [3.05, 3.63) is 70.2 Å². The fourth-order valence-electron chi connectivity index (χ4n) is 4.77. The largest absolute Gasteiger partial charge is 0.384 e. The number of likely N-dealkylation sites (tertiary alicyclic amines) is 1. The minimum atomic E-state index is -1.12. The minimum Gasteiger partial charge on any atom is -0.384 e. The summed E-state index contributed by atoms with van der Waals surface area (Å²) in [5, 5.41) is 17.8. The summed E-state index contributed by atoms with van der Waals surface area (Å²) in [4.78, 5) is 40.5. The van der Waals surface area contributed by atoms with Crippen molar-refractivity contribution in [3.8, 4) is 0 Å². The van der Waals surface area contributed by atoms with Gasteiger partial charge in [0.25, 0.3) is 11.8 Å². The van der Waals surface area contributed by atoms with Crippen LogP contribution in [0.5, 0.6) is 0 Å². The van der Waals surface area contributed by atoms with E-state index in [0.717, 1.165) is 5.56 Å².